The van der Waals surface area contributed by atoms with Gasteiger partial charge < -0.3 is 9.80 Å². The molecule has 3 rings (SSSR count). The molecular weight excluding hydrogens is 244 g/mol. The summed E-state index contributed by atoms with van der Waals surface area (Å²) in [5.41, 5.74) is 2.12. The maximum absolute atomic E-state index is 12.4. The van der Waals surface area contributed by atoms with Crippen LogP contribution in [-0.4, -0.2) is 26.0 Å². The predicted molar refractivity (Wildman–Crippen MR) is 75.7 cm³/mol. The highest BCUT2D eigenvalue weighted by Gasteiger charge is 2.25. The van der Waals surface area contributed by atoms with Crippen LogP contribution in [0.1, 0.15) is 9.67 Å². The molecule has 1 aliphatic heterocycles. The SMILES string of the molecule is CN1CCN(C(=O)c2cccs2)c2ccccc21. The molecule has 1 aliphatic rings. The molecule has 1 aromatic heterocycles. The molecule has 2 aromatic rings. The summed E-state index contributed by atoms with van der Waals surface area (Å²) in [6.07, 6.45) is 0. The van der Waals surface area contributed by atoms with Crippen LogP contribution >= 0.6 is 11.3 Å². The van der Waals surface area contributed by atoms with Crippen molar-refractivity contribution in [2.24, 2.45) is 0 Å². The van der Waals surface area contributed by atoms with Crippen LogP contribution in [0.2, 0.25) is 0 Å². The molecule has 0 spiro atoms. The Labute approximate surface area is 110 Å². The average Bonchev–Trinajstić information content (AvgIpc) is 2.93. The van der Waals surface area contributed by atoms with Crippen molar-refractivity contribution >= 4 is 28.6 Å². The van der Waals surface area contributed by atoms with Crippen molar-refractivity contribution in [1.29, 1.82) is 0 Å². The monoisotopic (exact) mass is 258 g/mol. The Balaban J connectivity index is 2.00. The van der Waals surface area contributed by atoms with Crippen LogP contribution < -0.4 is 9.80 Å². The molecule has 0 saturated heterocycles. The van der Waals surface area contributed by atoms with Crippen LogP contribution in [0.3, 0.4) is 0 Å². The molecule has 0 saturated carbocycles. The third-order valence-corrected chi connectivity index (χ3v) is 4.08. The number of rotatable bonds is 1. The maximum Gasteiger partial charge on any atom is 0.268 e. The smallest absolute Gasteiger partial charge is 0.268 e. The van der Waals surface area contributed by atoms with E-state index in [-0.39, 0.29) is 5.91 Å². The highest BCUT2D eigenvalue weighted by molar-refractivity contribution is 7.12. The van der Waals surface area contributed by atoms with Gasteiger partial charge in [0.2, 0.25) is 0 Å². The number of anilines is 2. The molecule has 0 N–H and O–H groups in total. The number of likely N-dealkylation sites (N-methyl/N-ethyl adjacent to an activating group) is 1. The normalized spacial score (nSPS) is 14.5. The number of amides is 1. The van der Waals surface area contributed by atoms with Gasteiger partial charge in [-0.1, -0.05) is 18.2 Å². The second kappa shape index (κ2) is 4.46. The summed E-state index contributed by atoms with van der Waals surface area (Å²) in [6.45, 7) is 1.61. The van der Waals surface area contributed by atoms with E-state index in [4.69, 9.17) is 0 Å². The van der Waals surface area contributed by atoms with Gasteiger partial charge in [0.15, 0.2) is 0 Å². The van der Waals surface area contributed by atoms with E-state index in [1.54, 1.807) is 0 Å². The summed E-state index contributed by atoms with van der Waals surface area (Å²) in [4.78, 5) is 17.3. The summed E-state index contributed by atoms with van der Waals surface area (Å²) in [6, 6.07) is 11.9. The van der Waals surface area contributed by atoms with Crippen LogP contribution in [0.25, 0.3) is 0 Å². The Morgan fingerprint density at radius 3 is 2.61 bits per heavy atom. The van der Waals surface area contributed by atoms with Gasteiger partial charge in [0.25, 0.3) is 5.91 Å². The molecule has 0 unspecified atom stereocenters. The zero-order valence-electron chi connectivity index (χ0n) is 10.2. The number of benzene rings is 1. The van der Waals surface area contributed by atoms with E-state index in [1.165, 1.54) is 11.3 Å². The molecule has 1 amide bonds. The summed E-state index contributed by atoms with van der Waals surface area (Å²) >= 11 is 1.50. The van der Waals surface area contributed by atoms with Gasteiger partial charge >= 0.3 is 0 Å². The second-order valence-electron chi connectivity index (χ2n) is 4.34. The number of thiophene rings is 1. The topological polar surface area (TPSA) is 23.6 Å². The maximum atomic E-state index is 12.4. The first-order valence-electron chi connectivity index (χ1n) is 5.93. The first kappa shape index (κ1) is 11.3. The largest absolute Gasteiger partial charge is 0.371 e. The Morgan fingerprint density at radius 2 is 1.89 bits per heavy atom. The lowest BCUT2D eigenvalue weighted by atomic mass is 10.1. The van der Waals surface area contributed by atoms with Crippen molar-refractivity contribution in [3.05, 3.63) is 46.7 Å². The van der Waals surface area contributed by atoms with Crippen molar-refractivity contribution < 1.29 is 4.79 Å². The van der Waals surface area contributed by atoms with E-state index < -0.39 is 0 Å². The summed E-state index contributed by atoms with van der Waals surface area (Å²) < 4.78 is 0. The lowest BCUT2D eigenvalue weighted by Gasteiger charge is -2.35. The molecule has 0 aliphatic carbocycles. The minimum absolute atomic E-state index is 0.102. The van der Waals surface area contributed by atoms with Crippen LogP contribution in [-0.2, 0) is 0 Å². The van der Waals surface area contributed by atoms with Crippen LogP contribution in [0, 0.1) is 0 Å². The summed E-state index contributed by atoms with van der Waals surface area (Å²) in [5.74, 6) is 0.102. The Morgan fingerprint density at radius 1 is 1.11 bits per heavy atom. The number of nitrogens with zero attached hydrogens (tertiary/aromatic N) is 2. The minimum atomic E-state index is 0.102. The first-order valence-corrected chi connectivity index (χ1v) is 6.81. The van der Waals surface area contributed by atoms with Gasteiger partial charge in [-0.3, -0.25) is 4.79 Å². The van der Waals surface area contributed by atoms with E-state index in [9.17, 15) is 4.79 Å². The molecule has 0 fully saturated rings. The zero-order valence-corrected chi connectivity index (χ0v) is 11.0. The number of carbonyl (C=O) groups excluding carboxylic acids is 1. The number of fused-ring (bicyclic) bond motifs is 1. The predicted octanol–water partition coefficient (Wildman–Crippen LogP) is 2.84. The number of hydrogen-bond acceptors (Lipinski definition) is 3. The fourth-order valence-corrected chi connectivity index (χ4v) is 2.92. The van der Waals surface area contributed by atoms with Gasteiger partial charge in [-0.25, -0.2) is 0 Å². The van der Waals surface area contributed by atoms with Gasteiger partial charge in [0.1, 0.15) is 0 Å². The fraction of sp³-hybridized carbons (Fsp3) is 0.214. The molecule has 0 bridgehead atoms. The lowest BCUT2D eigenvalue weighted by molar-refractivity contribution is 0.0990. The average molecular weight is 258 g/mol. The van der Waals surface area contributed by atoms with Crippen molar-refractivity contribution in [2.75, 3.05) is 29.9 Å². The van der Waals surface area contributed by atoms with Gasteiger partial charge in [-0.05, 0) is 23.6 Å². The number of carbonyl (C=O) groups is 1. The van der Waals surface area contributed by atoms with E-state index in [1.807, 2.05) is 40.6 Å². The van der Waals surface area contributed by atoms with Gasteiger partial charge in [0, 0.05) is 20.1 Å². The third-order valence-electron chi connectivity index (χ3n) is 3.22. The standard InChI is InChI=1S/C14H14N2OS/c1-15-8-9-16(12-6-3-2-5-11(12)15)14(17)13-7-4-10-18-13/h2-7,10H,8-9H2,1H3. The van der Waals surface area contributed by atoms with Crippen molar-refractivity contribution in [3.8, 4) is 0 Å². The van der Waals surface area contributed by atoms with Crippen molar-refractivity contribution in [2.45, 2.75) is 0 Å². The number of para-hydroxylation sites is 2. The van der Waals surface area contributed by atoms with Gasteiger partial charge in [0.05, 0.1) is 16.3 Å². The van der Waals surface area contributed by atoms with Crippen molar-refractivity contribution in [3.63, 3.8) is 0 Å². The van der Waals surface area contributed by atoms with Crippen molar-refractivity contribution in [1.82, 2.24) is 0 Å². The second-order valence-corrected chi connectivity index (χ2v) is 5.29. The zero-order chi connectivity index (χ0) is 12.5. The van der Waals surface area contributed by atoms with Gasteiger partial charge in [-0.15, -0.1) is 11.3 Å². The number of hydrogen-bond donors (Lipinski definition) is 0. The fourth-order valence-electron chi connectivity index (χ4n) is 2.25. The van der Waals surface area contributed by atoms with Gasteiger partial charge in [-0.2, -0.15) is 0 Å². The summed E-state index contributed by atoms with van der Waals surface area (Å²) in [5, 5.41) is 1.94. The highest BCUT2D eigenvalue weighted by Crippen LogP contribution is 2.33. The Hall–Kier alpha value is -1.81. The molecule has 4 heteroatoms. The van der Waals surface area contributed by atoms with E-state index >= 15 is 0 Å². The van der Waals surface area contributed by atoms with Crippen LogP contribution in [0.5, 0.6) is 0 Å². The third kappa shape index (κ3) is 1.78. The first-order chi connectivity index (χ1) is 8.77. The molecule has 2 heterocycles. The molecule has 1 aromatic carbocycles. The molecule has 92 valence electrons. The molecular formula is C14H14N2OS. The van der Waals surface area contributed by atoms with E-state index in [2.05, 4.69) is 18.0 Å². The molecule has 18 heavy (non-hydrogen) atoms. The van der Waals surface area contributed by atoms with E-state index in [0.29, 0.717) is 0 Å². The molecule has 0 atom stereocenters. The Bertz CT molecular complexity index is 565. The summed E-state index contributed by atoms with van der Waals surface area (Å²) in [7, 11) is 2.06. The minimum Gasteiger partial charge on any atom is -0.371 e. The molecule has 3 nitrogen and oxygen atoms in total. The quantitative estimate of drug-likeness (QED) is 0.785. The Kier molecular flexibility index (Phi) is 2.80. The molecule has 0 radical (unpaired) electrons. The van der Waals surface area contributed by atoms with Crippen LogP contribution in [0.4, 0.5) is 11.4 Å². The highest BCUT2D eigenvalue weighted by atomic mass is 32.1. The lowest BCUT2D eigenvalue weighted by Crippen LogP contribution is -2.42. The van der Waals surface area contributed by atoms with E-state index in [0.717, 1.165) is 29.3 Å². The van der Waals surface area contributed by atoms with Crippen LogP contribution in [0.15, 0.2) is 41.8 Å².